The Labute approximate surface area is 316 Å². The molecule has 0 amide bonds. The fourth-order valence-corrected chi connectivity index (χ4v) is 12.2. The summed E-state index contributed by atoms with van der Waals surface area (Å²) in [6, 6.07) is 0. The van der Waals surface area contributed by atoms with E-state index >= 15 is 0 Å². The average Bonchev–Trinajstić information content (AvgIpc) is 3.38. The highest BCUT2D eigenvalue weighted by Gasteiger charge is 2.64. The summed E-state index contributed by atoms with van der Waals surface area (Å²) < 4.78 is 59.5. The SMILES string of the molecule is CCC[C@@H](C)[C@H]1CC[C@H]2[C@@H]3CC[C@@H]4C[C@H](OCCOP(=O)([O-])OCC[N+](C)(C)C)CC[C@]4(C)[C@H]3C[C@H](OCCOP(=O)([O-])OCC[N+](C)(C)C)[C@]12C. The van der Waals surface area contributed by atoms with E-state index in [0.29, 0.717) is 57.6 Å². The average molecular weight is 781 g/mol. The third-order valence-electron chi connectivity index (χ3n) is 13.6. The molecule has 12 nitrogen and oxygen atoms in total. The van der Waals surface area contributed by atoms with Gasteiger partial charge in [-0.2, -0.15) is 0 Å². The lowest BCUT2D eigenvalue weighted by Gasteiger charge is -2.63. The van der Waals surface area contributed by atoms with Crippen LogP contribution in [0.5, 0.6) is 0 Å². The van der Waals surface area contributed by atoms with Crippen LogP contribution < -0.4 is 9.79 Å². The number of hydrogen-bond acceptors (Lipinski definition) is 10. The van der Waals surface area contributed by atoms with Crippen molar-refractivity contribution in [1.82, 2.24) is 0 Å². The molecule has 2 unspecified atom stereocenters. The Balaban J connectivity index is 1.37. The summed E-state index contributed by atoms with van der Waals surface area (Å²) in [6.07, 6.45) is 11.3. The van der Waals surface area contributed by atoms with Crippen LogP contribution in [0.1, 0.15) is 91.9 Å². The summed E-state index contributed by atoms with van der Waals surface area (Å²) >= 11 is 0. The summed E-state index contributed by atoms with van der Waals surface area (Å²) in [7, 11) is 3.13. The fraction of sp³-hybridized carbons (Fsp3) is 1.00. The summed E-state index contributed by atoms with van der Waals surface area (Å²) in [6.45, 7) is 11.4. The molecule has 12 atom stereocenters. The second kappa shape index (κ2) is 18.1. The molecule has 0 bridgehead atoms. The zero-order valence-electron chi connectivity index (χ0n) is 34.2. The number of ether oxygens (including phenoxy) is 2. The van der Waals surface area contributed by atoms with Crippen LogP contribution in [0.15, 0.2) is 0 Å². The standard InChI is InChI=1S/C38H74N2O10P2/c1-11-12-29(2)33-15-16-34-32-14-13-30-27-31(45-23-25-49-51(41,42)47-21-19-39(5,6)7)17-18-37(30,3)35(32)28-36(38(33,34)4)46-24-26-50-52(43,44)48-22-20-40(8,9)10/h29-36H,11-28H2,1-10H3/t29-,30-,31-,32+,33-,34+,35+,36+,37+,38-/m1/s1. The minimum atomic E-state index is -4.41. The molecule has 0 heterocycles. The predicted molar refractivity (Wildman–Crippen MR) is 199 cm³/mol. The number of quaternary nitrogens is 2. The number of nitrogens with zero attached hydrogens (tertiary/aromatic N) is 2. The van der Waals surface area contributed by atoms with Gasteiger partial charge in [0.15, 0.2) is 0 Å². The first-order chi connectivity index (χ1) is 24.1. The van der Waals surface area contributed by atoms with Crippen molar-refractivity contribution in [2.45, 2.75) is 104 Å². The van der Waals surface area contributed by atoms with E-state index in [-0.39, 0.29) is 62.7 Å². The van der Waals surface area contributed by atoms with Crippen molar-refractivity contribution in [3.63, 3.8) is 0 Å². The van der Waals surface area contributed by atoms with Crippen molar-refractivity contribution in [3.8, 4) is 0 Å². The lowest BCUT2D eigenvalue weighted by molar-refractivity contribution is -0.870. The first kappa shape index (κ1) is 44.8. The predicted octanol–water partition coefficient (Wildman–Crippen LogP) is 5.88. The molecular formula is C38H74N2O10P2. The lowest BCUT2D eigenvalue weighted by Crippen LogP contribution is -2.59. The third kappa shape index (κ3) is 11.8. The van der Waals surface area contributed by atoms with Crippen LogP contribution in [-0.4, -0.2) is 116 Å². The van der Waals surface area contributed by atoms with Crippen molar-refractivity contribution >= 4 is 15.6 Å². The Morgan fingerprint density at radius 2 is 1.27 bits per heavy atom. The Hall–Kier alpha value is 0.0600. The Bertz CT molecular complexity index is 1230. The highest BCUT2D eigenvalue weighted by Crippen LogP contribution is 2.69. The topological polar surface area (TPSA) is 136 Å². The first-order valence-corrected chi connectivity index (χ1v) is 23.1. The van der Waals surface area contributed by atoms with Gasteiger partial charge in [0.1, 0.15) is 26.3 Å². The number of fused-ring (bicyclic) bond motifs is 5. The van der Waals surface area contributed by atoms with Gasteiger partial charge in [-0.25, -0.2) is 0 Å². The Kier molecular flexibility index (Phi) is 15.6. The van der Waals surface area contributed by atoms with Crippen LogP contribution in [0.2, 0.25) is 0 Å². The van der Waals surface area contributed by atoms with Gasteiger partial charge in [0.05, 0.1) is 80.9 Å². The van der Waals surface area contributed by atoms with Crippen LogP contribution in [-0.2, 0) is 36.7 Å². The monoisotopic (exact) mass is 780 g/mol. The Morgan fingerprint density at radius 3 is 1.83 bits per heavy atom. The number of likely N-dealkylation sites (N-methyl/N-ethyl adjacent to an activating group) is 2. The first-order valence-electron chi connectivity index (χ1n) is 20.1. The quantitative estimate of drug-likeness (QED) is 0.0790. The van der Waals surface area contributed by atoms with E-state index in [1.807, 2.05) is 42.3 Å². The van der Waals surface area contributed by atoms with Crippen molar-refractivity contribution in [3.05, 3.63) is 0 Å². The fourth-order valence-electron chi connectivity index (χ4n) is 10.8. The maximum absolute atomic E-state index is 12.5. The normalized spacial score (nSPS) is 36.7. The van der Waals surface area contributed by atoms with Gasteiger partial charge < -0.3 is 46.3 Å². The third-order valence-corrected chi connectivity index (χ3v) is 15.5. The molecule has 306 valence electrons. The molecule has 14 heteroatoms. The summed E-state index contributed by atoms with van der Waals surface area (Å²) in [5.41, 5.74) is 0.207. The second-order valence-electron chi connectivity index (χ2n) is 19.1. The van der Waals surface area contributed by atoms with E-state index in [1.54, 1.807) is 0 Å². The summed E-state index contributed by atoms with van der Waals surface area (Å²) in [5.74, 6) is 3.49. The molecule has 0 spiro atoms. The van der Waals surface area contributed by atoms with Gasteiger partial charge in [0.25, 0.3) is 15.6 Å². The zero-order chi connectivity index (χ0) is 38.6. The zero-order valence-corrected chi connectivity index (χ0v) is 36.0. The van der Waals surface area contributed by atoms with Crippen molar-refractivity contribution in [2.75, 3.05) is 95.0 Å². The molecule has 4 fully saturated rings. The molecule has 0 aliphatic heterocycles. The minimum absolute atomic E-state index is 0.0355. The summed E-state index contributed by atoms with van der Waals surface area (Å²) in [4.78, 5) is 24.7. The maximum atomic E-state index is 12.5. The molecule has 0 radical (unpaired) electrons. The largest absolute Gasteiger partial charge is 0.756 e. The van der Waals surface area contributed by atoms with Gasteiger partial charge in [0.2, 0.25) is 0 Å². The molecule has 52 heavy (non-hydrogen) atoms. The van der Waals surface area contributed by atoms with E-state index in [4.69, 9.17) is 27.6 Å². The van der Waals surface area contributed by atoms with Crippen LogP contribution in [0.25, 0.3) is 0 Å². The van der Waals surface area contributed by atoms with E-state index in [2.05, 4.69) is 27.7 Å². The molecular weight excluding hydrogens is 706 g/mol. The molecule has 0 aromatic rings. The van der Waals surface area contributed by atoms with Gasteiger partial charge in [0, 0.05) is 0 Å². The van der Waals surface area contributed by atoms with E-state index < -0.39 is 15.6 Å². The molecule has 0 saturated heterocycles. The van der Waals surface area contributed by atoms with E-state index in [0.717, 1.165) is 25.7 Å². The number of phosphoric acid groups is 2. The molecule has 0 N–H and O–H groups in total. The molecule has 4 aliphatic rings. The van der Waals surface area contributed by atoms with Gasteiger partial charge >= 0.3 is 0 Å². The van der Waals surface area contributed by atoms with Gasteiger partial charge in [-0.15, -0.1) is 0 Å². The van der Waals surface area contributed by atoms with Crippen LogP contribution in [0.3, 0.4) is 0 Å². The lowest BCUT2D eigenvalue weighted by atomic mass is 9.43. The number of hydrogen-bond donors (Lipinski definition) is 0. The molecule has 4 rings (SSSR count). The smallest absolute Gasteiger partial charge is 0.268 e. The molecule has 4 aliphatic carbocycles. The molecule has 0 aromatic heterocycles. The van der Waals surface area contributed by atoms with Crippen molar-refractivity contribution in [2.24, 2.45) is 46.3 Å². The molecule has 0 aromatic carbocycles. The van der Waals surface area contributed by atoms with Crippen molar-refractivity contribution in [1.29, 1.82) is 0 Å². The Morgan fingerprint density at radius 1 is 0.712 bits per heavy atom. The van der Waals surface area contributed by atoms with Crippen molar-refractivity contribution < 1.29 is 55.5 Å². The van der Waals surface area contributed by atoms with Crippen LogP contribution >= 0.6 is 15.6 Å². The van der Waals surface area contributed by atoms with Gasteiger partial charge in [-0.05, 0) is 97.7 Å². The van der Waals surface area contributed by atoms with E-state index in [9.17, 15) is 18.9 Å². The highest BCUT2D eigenvalue weighted by molar-refractivity contribution is 7.46. The summed E-state index contributed by atoms with van der Waals surface area (Å²) in [5, 5.41) is 0. The molecule has 4 saturated carbocycles. The highest BCUT2D eigenvalue weighted by atomic mass is 31.2. The minimum Gasteiger partial charge on any atom is -0.756 e. The number of phosphoric ester groups is 2. The van der Waals surface area contributed by atoms with E-state index in [1.165, 1.54) is 38.5 Å². The maximum Gasteiger partial charge on any atom is 0.268 e. The van der Waals surface area contributed by atoms with Crippen LogP contribution in [0.4, 0.5) is 0 Å². The second-order valence-corrected chi connectivity index (χ2v) is 21.9. The van der Waals surface area contributed by atoms with Gasteiger partial charge in [-0.1, -0.05) is 40.5 Å². The van der Waals surface area contributed by atoms with Gasteiger partial charge in [-0.3, -0.25) is 9.13 Å². The van der Waals surface area contributed by atoms with Crippen LogP contribution in [0, 0.1) is 46.3 Å². The number of rotatable bonds is 21.